The van der Waals surface area contributed by atoms with E-state index < -0.39 is 0 Å². The lowest BCUT2D eigenvalue weighted by molar-refractivity contribution is -0.115. The smallest absolute Gasteiger partial charge is 0.228 e. The highest BCUT2D eigenvalue weighted by Gasteiger charge is 2.17. The van der Waals surface area contributed by atoms with E-state index in [9.17, 15) is 4.79 Å². The van der Waals surface area contributed by atoms with E-state index in [0.717, 1.165) is 22.5 Å². The molecule has 0 bridgehead atoms. The minimum atomic E-state index is 0.0631. The van der Waals surface area contributed by atoms with Crippen molar-refractivity contribution in [1.29, 1.82) is 0 Å². The fourth-order valence-electron chi connectivity index (χ4n) is 1.91. The molecule has 0 saturated heterocycles. The molecule has 0 aliphatic carbocycles. The Kier molecular flexibility index (Phi) is 1.96. The zero-order valence-electron chi connectivity index (χ0n) is 8.60. The lowest BCUT2D eigenvalue weighted by atomic mass is 10.1. The Labute approximate surface area is 93.1 Å². The highest BCUT2D eigenvalue weighted by molar-refractivity contribution is 5.99. The number of pyridine rings is 1. The first-order valence-electron chi connectivity index (χ1n) is 5.17. The van der Waals surface area contributed by atoms with E-state index >= 15 is 0 Å². The second kappa shape index (κ2) is 3.45. The molecule has 1 aliphatic rings. The number of hydrogen-bond acceptors (Lipinski definition) is 2. The molecular weight excluding hydrogens is 200 g/mol. The van der Waals surface area contributed by atoms with Crippen LogP contribution in [0, 0.1) is 0 Å². The Morgan fingerprint density at radius 2 is 2.12 bits per heavy atom. The number of hydrogen-bond donors (Lipinski definition) is 1. The Hall–Kier alpha value is -2.16. The van der Waals surface area contributed by atoms with Crippen molar-refractivity contribution in [1.82, 2.24) is 4.98 Å². The summed E-state index contributed by atoms with van der Waals surface area (Å²) in [7, 11) is 0. The normalized spacial score (nSPS) is 13.4. The van der Waals surface area contributed by atoms with Gasteiger partial charge in [0.05, 0.1) is 12.1 Å². The van der Waals surface area contributed by atoms with Gasteiger partial charge in [0, 0.05) is 17.4 Å². The van der Waals surface area contributed by atoms with Crippen molar-refractivity contribution in [3.05, 3.63) is 48.2 Å². The molecule has 78 valence electrons. The van der Waals surface area contributed by atoms with E-state index in [1.165, 1.54) is 0 Å². The molecule has 1 amide bonds. The van der Waals surface area contributed by atoms with E-state index in [0.29, 0.717) is 6.42 Å². The quantitative estimate of drug-likeness (QED) is 0.784. The number of carbonyl (C=O) groups excluding carboxylic acids is 1. The molecule has 3 nitrogen and oxygen atoms in total. The number of carbonyl (C=O) groups is 1. The highest BCUT2D eigenvalue weighted by atomic mass is 16.1. The number of aromatic nitrogens is 1. The molecule has 2 aromatic rings. The van der Waals surface area contributed by atoms with Crippen LogP contribution < -0.4 is 5.32 Å². The monoisotopic (exact) mass is 210 g/mol. The van der Waals surface area contributed by atoms with Crippen LogP contribution >= 0.6 is 0 Å². The zero-order chi connectivity index (χ0) is 11.0. The van der Waals surface area contributed by atoms with Crippen molar-refractivity contribution in [2.75, 3.05) is 5.32 Å². The summed E-state index contributed by atoms with van der Waals surface area (Å²) in [5.41, 5.74) is 3.92. The summed E-state index contributed by atoms with van der Waals surface area (Å²) in [6, 6.07) is 11.8. The van der Waals surface area contributed by atoms with Gasteiger partial charge >= 0.3 is 0 Å². The average molecular weight is 210 g/mol. The van der Waals surface area contributed by atoms with Gasteiger partial charge in [-0.1, -0.05) is 18.2 Å². The number of nitrogens with zero attached hydrogens (tertiary/aromatic N) is 1. The minimum absolute atomic E-state index is 0.0631. The molecule has 0 fully saturated rings. The molecule has 1 aromatic heterocycles. The van der Waals surface area contributed by atoms with Crippen molar-refractivity contribution in [3.63, 3.8) is 0 Å². The van der Waals surface area contributed by atoms with Gasteiger partial charge in [-0.05, 0) is 23.8 Å². The number of rotatable bonds is 1. The zero-order valence-corrected chi connectivity index (χ0v) is 8.60. The lowest BCUT2D eigenvalue weighted by Gasteiger charge is -2.03. The summed E-state index contributed by atoms with van der Waals surface area (Å²) in [6.07, 6.45) is 2.25. The molecule has 0 radical (unpaired) electrons. The van der Waals surface area contributed by atoms with Crippen LogP contribution in [0.2, 0.25) is 0 Å². The van der Waals surface area contributed by atoms with Crippen molar-refractivity contribution >= 4 is 11.6 Å². The van der Waals surface area contributed by atoms with Crippen molar-refractivity contribution in [2.24, 2.45) is 0 Å². The summed E-state index contributed by atoms with van der Waals surface area (Å²) in [5.74, 6) is 0.0631. The molecule has 1 N–H and O–H groups in total. The Morgan fingerprint density at radius 3 is 2.94 bits per heavy atom. The predicted octanol–water partition coefficient (Wildman–Crippen LogP) is 2.24. The van der Waals surface area contributed by atoms with Gasteiger partial charge in [-0.25, -0.2) is 0 Å². The van der Waals surface area contributed by atoms with Crippen LogP contribution in [0.25, 0.3) is 11.3 Å². The number of amides is 1. The van der Waals surface area contributed by atoms with Gasteiger partial charge in [0.15, 0.2) is 0 Å². The predicted molar refractivity (Wildman–Crippen MR) is 62.0 cm³/mol. The van der Waals surface area contributed by atoms with E-state index in [-0.39, 0.29) is 5.91 Å². The number of nitrogens with one attached hydrogen (secondary N) is 1. The molecule has 0 atom stereocenters. The summed E-state index contributed by atoms with van der Waals surface area (Å²) < 4.78 is 0. The van der Waals surface area contributed by atoms with Crippen LogP contribution in [0.15, 0.2) is 42.6 Å². The Morgan fingerprint density at radius 1 is 1.19 bits per heavy atom. The fraction of sp³-hybridized carbons (Fsp3) is 0.0769. The maximum atomic E-state index is 11.2. The third-order valence-electron chi connectivity index (χ3n) is 2.70. The molecule has 3 heteroatoms. The Bertz CT molecular complexity index is 549. The molecular formula is C13H10N2O. The van der Waals surface area contributed by atoms with Crippen LogP contribution in [0.4, 0.5) is 5.69 Å². The molecule has 0 saturated carbocycles. The van der Waals surface area contributed by atoms with Crippen molar-refractivity contribution < 1.29 is 4.79 Å². The first-order valence-corrected chi connectivity index (χ1v) is 5.17. The van der Waals surface area contributed by atoms with Crippen molar-refractivity contribution in [2.45, 2.75) is 6.42 Å². The van der Waals surface area contributed by atoms with E-state index in [4.69, 9.17) is 0 Å². The minimum Gasteiger partial charge on any atom is -0.326 e. The lowest BCUT2D eigenvalue weighted by Crippen LogP contribution is -2.03. The molecule has 1 aromatic carbocycles. The third-order valence-corrected chi connectivity index (χ3v) is 2.70. The van der Waals surface area contributed by atoms with Crippen LogP contribution in [0.5, 0.6) is 0 Å². The van der Waals surface area contributed by atoms with Gasteiger partial charge in [0.25, 0.3) is 0 Å². The third kappa shape index (κ3) is 1.46. The standard InChI is InChI=1S/C13H10N2O/c16-13-8-10-5-4-9(7-12(10)15-13)11-3-1-2-6-14-11/h1-7H,8H2,(H,15,16). The van der Waals surface area contributed by atoms with Crippen LogP contribution in [0.3, 0.4) is 0 Å². The number of anilines is 1. The summed E-state index contributed by atoms with van der Waals surface area (Å²) in [4.78, 5) is 15.5. The molecule has 0 unspecified atom stereocenters. The first-order chi connectivity index (χ1) is 7.83. The second-order valence-corrected chi connectivity index (χ2v) is 3.81. The molecule has 0 spiro atoms. The highest BCUT2D eigenvalue weighted by Crippen LogP contribution is 2.28. The van der Waals surface area contributed by atoms with Crippen LogP contribution in [0.1, 0.15) is 5.56 Å². The van der Waals surface area contributed by atoms with Crippen molar-refractivity contribution in [3.8, 4) is 11.3 Å². The first kappa shape index (κ1) is 9.09. The SMILES string of the molecule is O=C1Cc2ccc(-c3ccccn3)cc2N1. The molecule has 2 heterocycles. The molecule has 3 rings (SSSR count). The van der Waals surface area contributed by atoms with Gasteiger partial charge in [-0.15, -0.1) is 0 Å². The average Bonchev–Trinajstić information content (AvgIpc) is 2.69. The van der Waals surface area contributed by atoms with Gasteiger partial charge < -0.3 is 5.32 Å². The summed E-state index contributed by atoms with van der Waals surface area (Å²) in [6.45, 7) is 0. The maximum Gasteiger partial charge on any atom is 0.228 e. The van der Waals surface area contributed by atoms with Gasteiger partial charge in [0.2, 0.25) is 5.91 Å². The van der Waals surface area contributed by atoms with Crippen LogP contribution in [-0.4, -0.2) is 10.9 Å². The van der Waals surface area contributed by atoms with Gasteiger partial charge in [-0.3, -0.25) is 9.78 Å². The summed E-state index contributed by atoms with van der Waals surface area (Å²) in [5, 5.41) is 2.84. The van der Waals surface area contributed by atoms with E-state index in [2.05, 4.69) is 10.3 Å². The number of benzene rings is 1. The molecule has 16 heavy (non-hydrogen) atoms. The van der Waals surface area contributed by atoms with E-state index in [1.807, 2.05) is 36.4 Å². The summed E-state index contributed by atoms with van der Waals surface area (Å²) >= 11 is 0. The van der Waals surface area contributed by atoms with Crippen LogP contribution in [-0.2, 0) is 11.2 Å². The largest absolute Gasteiger partial charge is 0.326 e. The maximum absolute atomic E-state index is 11.2. The molecule has 1 aliphatic heterocycles. The Balaban J connectivity index is 2.06. The van der Waals surface area contributed by atoms with E-state index in [1.54, 1.807) is 6.20 Å². The topological polar surface area (TPSA) is 42.0 Å². The van der Waals surface area contributed by atoms with Gasteiger partial charge in [-0.2, -0.15) is 0 Å². The van der Waals surface area contributed by atoms with Gasteiger partial charge in [0.1, 0.15) is 0 Å². The number of fused-ring (bicyclic) bond motifs is 1. The fourth-order valence-corrected chi connectivity index (χ4v) is 1.91. The second-order valence-electron chi connectivity index (χ2n) is 3.81.